The predicted octanol–water partition coefficient (Wildman–Crippen LogP) is 3.52. The van der Waals surface area contributed by atoms with Crippen LogP contribution in [-0.4, -0.2) is 38.4 Å². The van der Waals surface area contributed by atoms with Crippen LogP contribution in [0, 0.1) is 5.92 Å². The number of amides is 1. The molecule has 0 bridgehead atoms. The molecule has 0 saturated carbocycles. The van der Waals surface area contributed by atoms with E-state index in [4.69, 9.17) is 0 Å². The first-order valence-corrected chi connectivity index (χ1v) is 12.6. The van der Waals surface area contributed by atoms with Gasteiger partial charge in [-0.05, 0) is 55.0 Å². The number of thiophene rings is 2. The van der Waals surface area contributed by atoms with Crippen LogP contribution in [0.1, 0.15) is 47.0 Å². The number of sulfonamides is 1. The third-order valence-corrected chi connectivity index (χ3v) is 9.47. The summed E-state index contributed by atoms with van der Waals surface area (Å²) in [5.74, 6) is 0.813. The first-order valence-electron chi connectivity index (χ1n) is 9.38. The second kappa shape index (κ2) is 7.66. The van der Waals surface area contributed by atoms with E-state index in [9.17, 15) is 13.2 Å². The predicted molar refractivity (Wildman–Crippen MR) is 109 cm³/mol. The van der Waals surface area contributed by atoms with Crippen LogP contribution in [0.3, 0.4) is 0 Å². The van der Waals surface area contributed by atoms with E-state index < -0.39 is 10.0 Å². The molecule has 1 N–H and O–H groups in total. The number of nitrogens with zero attached hydrogens (tertiary/aromatic N) is 1. The van der Waals surface area contributed by atoms with E-state index in [1.54, 1.807) is 28.8 Å². The standard InChI is InChI=1S/C19H24N2O3S3/c1-13-4-5-15-16(12-26-17(15)11-13)19(22)21-8-6-14(7-9-21)20-27(23,24)18-3-2-10-25-18/h2-3,10,12-14,20H,4-9,11H2,1H3/t13-/m1/s1. The van der Waals surface area contributed by atoms with Crippen LogP contribution in [0.15, 0.2) is 27.1 Å². The highest BCUT2D eigenvalue weighted by Gasteiger charge is 2.30. The maximum Gasteiger partial charge on any atom is 0.254 e. The number of piperidine rings is 1. The van der Waals surface area contributed by atoms with Gasteiger partial charge in [0.1, 0.15) is 4.21 Å². The topological polar surface area (TPSA) is 66.5 Å². The number of likely N-dealkylation sites (tertiary alicyclic amines) is 1. The Morgan fingerprint density at radius 1 is 1.22 bits per heavy atom. The first-order chi connectivity index (χ1) is 12.9. The zero-order valence-corrected chi connectivity index (χ0v) is 17.8. The van der Waals surface area contributed by atoms with Crippen LogP contribution < -0.4 is 4.72 Å². The lowest BCUT2D eigenvalue weighted by Crippen LogP contribution is -2.46. The van der Waals surface area contributed by atoms with Crippen LogP contribution in [0.5, 0.6) is 0 Å². The van der Waals surface area contributed by atoms with E-state index >= 15 is 0 Å². The summed E-state index contributed by atoms with van der Waals surface area (Å²) in [6, 6.07) is 3.24. The molecule has 27 heavy (non-hydrogen) atoms. The van der Waals surface area contributed by atoms with Gasteiger partial charge in [-0.3, -0.25) is 4.79 Å². The fourth-order valence-corrected chi connectivity index (χ4v) is 7.47. The highest BCUT2D eigenvalue weighted by Crippen LogP contribution is 2.33. The summed E-state index contributed by atoms with van der Waals surface area (Å²) in [6.07, 6.45) is 4.54. The van der Waals surface area contributed by atoms with Crippen molar-refractivity contribution in [2.24, 2.45) is 5.92 Å². The fraction of sp³-hybridized carbons (Fsp3) is 0.526. The molecule has 4 rings (SSSR count). The molecular formula is C19H24N2O3S3. The molecule has 1 atom stereocenters. The number of carbonyl (C=O) groups is 1. The van der Waals surface area contributed by atoms with Gasteiger partial charge >= 0.3 is 0 Å². The largest absolute Gasteiger partial charge is 0.338 e. The van der Waals surface area contributed by atoms with Crippen molar-refractivity contribution in [3.8, 4) is 0 Å². The molecule has 2 aromatic rings. The molecule has 2 aliphatic rings. The fourth-order valence-electron chi connectivity index (χ4n) is 3.92. The second-order valence-corrected chi connectivity index (χ2v) is 11.4. The second-order valence-electron chi connectivity index (χ2n) is 7.52. The van der Waals surface area contributed by atoms with E-state index in [2.05, 4.69) is 11.6 Å². The number of rotatable bonds is 4. The number of fused-ring (bicyclic) bond motifs is 1. The highest BCUT2D eigenvalue weighted by atomic mass is 32.2. The van der Waals surface area contributed by atoms with Crippen LogP contribution in [-0.2, 0) is 22.9 Å². The minimum atomic E-state index is -3.45. The molecule has 2 aromatic heterocycles. The van der Waals surface area contributed by atoms with Crippen molar-refractivity contribution in [3.63, 3.8) is 0 Å². The van der Waals surface area contributed by atoms with Crippen LogP contribution in [0.25, 0.3) is 0 Å². The summed E-state index contributed by atoms with van der Waals surface area (Å²) in [6.45, 7) is 3.46. The average Bonchev–Trinajstić information content (AvgIpc) is 3.31. The molecule has 0 spiro atoms. The molecule has 0 aromatic carbocycles. The molecule has 8 heteroatoms. The first kappa shape index (κ1) is 19.1. The molecule has 1 aliphatic carbocycles. The van der Waals surface area contributed by atoms with Crippen molar-refractivity contribution < 1.29 is 13.2 Å². The van der Waals surface area contributed by atoms with Crippen LogP contribution in [0.4, 0.5) is 0 Å². The summed E-state index contributed by atoms with van der Waals surface area (Å²) < 4.78 is 27.9. The van der Waals surface area contributed by atoms with Crippen LogP contribution >= 0.6 is 22.7 Å². The van der Waals surface area contributed by atoms with Gasteiger partial charge in [-0.2, -0.15) is 0 Å². The van der Waals surface area contributed by atoms with Crippen molar-refractivity contribution in [3.05, 3.63) is 38.9 Å². The summed E-state index contributed by atoms with van der Waals surface area (Å²) >= 11 is 2.94. The van der Waals surface area contributed by atoms with Gasteiger partial charge in [0.05, 0.1) is 5.56 Å². The average molecular weight is 425 g/mol. The summed E-state index contributed by atoms with van der Waals surface area (Å²) in [5, 5.41) is 3.79. The third kappa shape index (κ3) is 3.99. The summed E-state index contributed by atoms with van der Waals surface area (Å²) in [7, 11) is -3.45. The molecule has 1 fully saturated rings. The Hall–Kier alpha value is -1.22. The molecule has 3 heterocycles. The zero-order valence-electron chi connectivity index (χ0n) is 15.3. The lowest BCUT2D eigenvalue weighted by molar-refractivity contribution is 0.0710. The SMILES string of the molecule is C[C@@H]1CCc2c(C(=O)N3CCC(NS(=O)(=O)c4cccs4)CC3)csc2C1. The van der Waals surface area contributed by atoms with Gasteiger partial charge in [0.2, 0.25) is 10.0 Å². The highest BCUT2D eigenvalue weighted by molar-refractivity contribution is 7.91. The Morgan fingerprint density at radius 2 is 2.00 bits per heavy atom. The molecule has 1 amide bonds. The number of hydrogen-bond donors (Lipinski definition) is 1. The zero-order chi connectivity index (χ0) is 19.0. The van der Waals surface area contributed by atoms with Gasteiger partial charge in [-0.1, -0.05) is 13.0 Å². The van der Waals surface area contributed by atoms with Gasteiger partial charge in [-0.25, -0.2) is 13.1 Å². The van der Waals surface area contributed by atoms with Crippen molar-refractivity contribution >= 4 is 38.6 Å². The summed E-state index contributed by atoms with van der Waals surface area (Å²) in [4.78, 5) is 16.2. The minimum absolute atomic E-state index is 0.113. The molecule has 146 valence electrons. The molecule has 5 nitrogen and oxygen atoms in total. The smallest absolute Gasteiger partial charge is 0.254 e. The Morgan fingerprint density at radius 3 is 2.70 bits per heavy atom. The van der Waals surface area contributed by atoms with E-state index in [1.807, 2.05) is 10.3 Å². The molecule has 1 saturated heterocycles. The molecule has 1 aliphatic heterocycles. The lowest BCUT2D eigenvalue weighted by atomic mass is 9.88. The Bertz CT molecular complexity index is 910. The van der Waals surface area contributed by atoms with E-state index in [0.717, 1.165) is 24.8 Å². The van der Waals surface area contributed by atoms with Gasteiger partial charge in [0.25, 0.3) is 5.91 Å². The van der Waals surface area contributed by atoms with Crippen molar-refractivity contribution in [1.29, 1.82) is 0 Å². The van der Waals surface area contributed by atoms with Crippen molar-refractivity contribution in [2.45, 2.75) is 49.3 Å². The number of carbonyl (C=O) groups excluding carboxylic acids is 1. The number of nitrogens with one attached hydrogen (secondary N) is 1. The quantitative estimate of drug-likeness (QED) is 0.817. The Kier molecular flexibility index (Phi) is 5.42. The molecule has 0 unspecified atom stereocenters. The van der Waals surface area contributed by atoms with Gasteiger partial charge in [0, 0.05) is 29.4 Å². The molecular weight excluding hydrogens is 400 g/mol. The van der Waals surface area contributed by atoms with Gasteiger partial charge in [0.15, 0.2) is 0 Å². The van der Waals surface area contributed by atoms with E-state index in [0.29, 0.717) is 36.1 Å². The molecule has 0 radical (unpaired) electrons. The normalized spacial score (nSPS) is 21.2. The third-order valence-electron chi connectivity index (χ3n) is 5.50. The maximum absolute atomic E-state index is 13.0. The van der Waals surface area contributed by atoms with Gasteiger partial charge in [-0.15, -0.1) is 22.7 Å². The maximum atomic E-state index is 13.0. The number of hydrogen-bond acceptors (Lipinski definition) is 5. The van der Waals surface area contributed by atoms with E-state index in [-0.39, 0.29) is 11.9 Å². The Balaban J connectivity index is 1.38. The van der Waals surface area contributed by atoms with Crippen LogP contribution in [0.2, 0.25) is 0 Å². The monoisotopic (exact) mass is 424 g/mol. The van der Waals surface area contributed by atoms with Gasteiger partial charge < -0.3 is 4.90 Å². The van der Waals surface area contributed by atoms with Crippen molar-refractivity contribution in [1.82, 2.24) is 9.62 Å². The van der Waals surface area contributed by atoms with E-state index in [1.165, 1.54) is 21.8 Å². The lowest BCUT2D eigenvalue weighted by Gasteiger charge is -2.32. The minimum Gasteiger partial charge on any atom is -0.338 e. The Labute approximate surface area is 168 Å². The summed E-state index contributed by atoms with van der Waals surface area (Å²) in [5.41, 5.74) is 2.13. The van der Waals surface area contributed by atoms with Crippen molar-refractivity contribution in [2.75, 3.05) is 13.1 Å².